The molecule has 0 amide bonds. The number of nitrogens with zero attached hydrogens (tertiary/aromatic N) is 1. The summed E-state index contributed by atoms with van der Waals surface area (Å²) in [7, 11) is -3.93. The first-order valence-electron chi connectivity index (χ1n) is 8.94. The molecule has 0 aliphatic heterocycles. The summed E-state index contributed by atoms with van der Waals surface area (Å²) in [5, 5.41) is 5.70. The number of halogens is 1. The van der Waals surface area contributed by atoms with E-state index in [0.717, 1.165) is 16.5 Å². The number of rotatable bonds is 4. The lowest BCUT2D eigenvalue weighted by molar-refractivity contribution is 0.598. The molecule has 0 aliphatic rings. The first-order chi connectivity index (χ1) is 14.0. The van der Waals surface area contributed by atoms with Gasteiger partial charge < -0.3 is 5.32 Å². The average molecular weight is 421 g/mol. The zero-order valence-corrected chi connectivity index (χ0v) is 16.9. The van der Waals surface area contributed by atoms with Crippen molar-refractivity contribution >= 4 is 43.9 Å². The van der Waals surface area contributed by atoms with Crippen LogP contribution in [0.5, 0.6) is 0 Å². The summed E-state index contributed by atoms with van der Waals surface area (Å²) in [4.78, 5) is 0.0788. The Bertz CT molecular complexity index is 1280. The van der Waals surface area contributed by atoms with Gasteiger partial charge in [0.25, 0.3) is 10.0 Å². The highest BCUT2D eigenvalue weighted by molar-refractivity contribution is 7.90. The number of sulfonamides is 1. The Hall–Kier alpha value is -3.15. The first-order valence-corrected chi connectivity index (χ1v) is 10.8. The molecule has 0 aromatic heterocycles. The fraction of sp³-hybridized carbons (Fsp3) is 0. The quantitative estimate of drug-likeness (QED) is 0.338. The van der Waals surface area contributed by atoms with E-state index in [4.69, 9.17) is 11.6 Å². The van der Waals surface area contributed by atoms with E-state index in [2.05, 4.69) is 9.71 Å². The van der Waals surface area contributed by atoms with E-state index in [0.29, 0.717) is 10.6 Å². The predicted octanol–water partition coefficient (Wildman–Crippen LogP) is 5.74. The Morgan fingerprint density at radius 3 is 2.17 bits per heavy atom. The molecule has 0 saturated carbocycles. The third-order valence-electron chi connectivity index (χ3n) is 4.41. The van der Waals surface area contributed by atoms with Crippen LogP contribution in [0.2, 0.25) is 5.02 Å². The minimum absolute atomic E-state index is 0.0788. The maximum absolute atomic E-state index is 12.9. The number of nitrogens with one attached hydrogen (secondary N) is 1. The molecule has 4 aromatic carbocycles. The van der Waals surface area contributed by atoms with Crippen molar-refractivity contribution in [1.82, 2.24) is 0 Å². The highest BCUT2D eigenvalue weighted by Gasteiger charge is 2.16. The van der Waals surface area contributed by atoms with Gasteiger partial charge in [-0.25, -0.2) is 0 Å². The van der Waals surface area contributed by atoms with Crippen LogP contribution in [0.1, 0.15) is 5.56 Å². The van der Waals surface area contributed by atoms with Crippen LogP contribution in [0.4, 0.5) is 5.69 Å². The standard InChI is InChI=1S/C23H17ClN2O2S/c24-19-13-15-20(16-14-19)29(27,28)26-23(18-8-2-1-3-9-18)25-22-12-6-10-17-7-4-5-11-21(17)22/h1-16H,(H,25,26). The van der Waals surface area contributed by atoms with Gasteiger partial charge in [-0.2, -0.15) is 8.42 Å². The SMILES string of the molecule is O=S(=O)(N=C(Nc1cccc2ccccc12)c1ccccc1)c1ccc(Cl)cc1. The van der Waals surface area contributed by atoms with E-state index in [-0.39, 0.29) is 10.7 Å². The zero-order valence-electron chi connectivity index (χ0n) is 15.3. The normalized spacial score (nSPS) is 12.1. The van der Waals surface area contributed by atoms with Crippen molar-refractivity contribution in [2.45, 2.75) is 4.90 Å². The number of hydrogen-bond donors (Lipinski definition) is 1. The van der Waals surface area contributed by atoms with Gasteiger partial charge in [0, 0.05) is 21.7 Å². The van der Waals surface area contributed by atoms with Crippen LogP contribution >= 0.6 is 11.6 Å². The lowest BCUT2D eigenvalue weighted by atomic mass is 10.1. The molecule has 4 rings (SSSR count). The Morgan fingerprint density at radius 2 is 1.41 bits per heavy atom. The van der Waals surface area contributed by atoms with Crippen LogP contribution in [0.25, 0.3) is 10.8 Å². The molecule has 1 N–H and O–H groups in total. The monoisotopic (exact) mass is 420 g/mol. The van der Waals surface area contributed by atoms with Gasteiger partial charge in [0.1, 0.15) is 0 Å². The van der Waals surface area contributed by atoms with Crippen molar-refractivity contribution in [3.05, 3.63) is 108 Å². The van der Waals surface area contributed by atoms with Gasteiger partial charge in [-0.15, -0.1) is 4.40 Å². The molecule has 0 unspecified atom stereocenters. The third-order valence-corrected chi connectivity index (χ3v) is 5.96. The van der Waals surface area contributed by atoms with Gasteiger partial charge in [-0.05, 0) is 35.7 Å². The van der Waals surface area contributed by atoms with E-state index in [9.17, 15) is 8.42 Å². The maximum atomic E-state index is 12.9. The third kappa shape index (κ3) is 4.31. The van der Waals surface area contributed by atoms with Crippen molar-refractivity contribution < 1.29 is 8.42 Å². The van der Waals surface area contributed by atoms with Crippen molar-refractivity contribution in [3.63, 3.8) is 0 Å². The molecule has 0 saturated heterocycles. The molecule has 0 bridgehead atoms. The van der Waals surface area contributed by atoms with Gasteiger partial charge in [-0.3, -0.25) is 0 Å². The molecule has 0 spiro atoms. The summed E-state index contributed by atoms with van der Waals surface area (Å²) >= 11 is 5.88. The number of hydrogen-bond acceptors (Lipinski definition) is 2. The smallest absolute Gasteiger partial charge is 0.284 e. The fourth-order valence-corrected chi connectivity index (χ4v) is 4.09. The van der Waals surface area contributed by atoms with Gasteiger partial charge in [0.05, 0.1) is 4.90 Å². The van der Waals surface area contributed by atoms with E-state index < -0.39 is 10.0 Å². The Kier molecular flexibility index (Phi) is 5.34. The summed E-state index contributed by atoms with van der Waals surface area (Å²) in [6.07, 6.45) is 0. The number of anilines is 1. The molecule has 6 heteroatoms. The van der Waals surface area contributed by atoms with Crippen LogP contribution in [0, 0.1) is 0 Å². The van der Waals surface area contributed by atoms with Gasteiger partial charge in [0.15, 0.2) is 5.84 Å². The second-order valence-electron chi connectivity index (χ2n) is 6.39. The number of benzene rings is 4. The van der Waals surface area contributed by atoms with E-state index >= 15 is 0 Å². The number of amidine groups is 1. The van der Waals surface area contributed by atoms with Gasteiger partial charge in [-0.1, -0.05) is 78.3 Å². The number of fused-ring (bicyclic) bond motifs is 1. The molecule has 0 fully saturated rings. The van der Waals surface area contributed by atoms with Crippen molar-refractivity contribution in [3.8, 4) is 0 Å². The Balaban J connectivity index is 1.82. The largest absolute Gasteiger partial charge is 0.339 e. The lowest BCUT2D eigenvalue weighted by Gasteiger charge is -2.13. The van der Waals surface area contributed by atoms with Gasteiger partial charge >= 0.3 is 0 Å². The van der Waals surface area contributed by atoms with Crippen molar-refractivity contribution in [2.24, 2.45) is 4.40 Å². The van der Waals surface area contributed by atoms with E-state index in [1.165, 1.54) is 24.3 Å². The van der Waals surface area contributed by atoms with Crippen LogP contribution < -0.4 is 5.32 Å². The summed E-state index contributed by atoms with van der Waals surface area (Å²) in [5.74, 6) is 0.247. The highest BCUT2D eigenvalue weighted by atomic mass is 35.5. The molecular weight excluding hydrogens is 404 g/mol. The molecule has 144 valence electrons. The topological polar surface area (TPSA) is 58.5 Å². The Morgan fingerprint density at radius 1 is 0.759 bits per heavy atom. The fourth-order valence-electron chi connectivity index (χ4n) is 2.99. The van der Waals surface area contributed by atoms with Gasteiger partial charge in [0.2, 0.25) is 0 Å². The van der Waals surface area contributed by atoms with E-state index in [1.54, 1.807) is 0 Å². The molecule has 0 aliphatic carbocycles. The van der Waals surface area contributed by atoms with Crippen molar-refractivity contribution in [2.75, 3.05) is 5.32 Å². The lowest BCUT2D eigenvalue weighted by Crippen LogP contribution is -2.16. The highest BCUT2D eigenvalue weighted by Crippen LogP contribution is 2.24. The molecule has 29 heavy (non-hydrogen) atoms. The van der Waals surface area contributed by atoms with Crippen LogP contribution in [-0.4, -0.2) is 14.3 Å². The minimum atomic E-state index is -3.93. The molecule has 4 aromatic rings. The first kappa shape index (κ1) is 19.2. The molecule has 4 nitrogen and oxygen atoms in total. The van der Waals surface area contributed by atoms with Crippen LogP contribution in [-0.2, 0) is 10.0 Å². The molecular formula is C23H17ClN2O2S. The minimum Gasteiger partial charge on any atom is -0.339 e. The predicted molar refractivity (Wildman–Crippen MR) is 119 cm³/mol. The molecule has 0 atom stereocenters. The molecule has 0 heterocycles. The van der Waals surface area contributed by atoms with Crippen LogP contribution in [0.3, 0.4) is 0 Å². The Labute approximate surface area is 174 Å². The second-order valence-corrected chi connectivity index (χ2v) is 8.43. The summed E-state index contributed by atoms with van der Waals surface area (Å²) < 4.78 is 29.9. The summed E-state index contributed by atoms with van der Waals surface area (Å²) in [6, 6.07) is 28.8. The second kappa shape index (κ2) is 8.07. The maximum Gasteiger partial charge on any atom is 0.284 e. The average Bonchev–Trinajstić information content (AvgIpc) is 2.74. The summed E-state index contributed by atoms with van der Waals surface area (Å²) in [5.41, 5.74) is 1.44. The summed E-state index contributed by atoms with van der Waals surface area (Å²) in [6.45, 7) is 0. The van der Waals surface area contributed by atoms with Crippen LogP contribution in [0.15, 0.2) is 106 Å². The zero-order chi connectivity index (χ0) is 20.3. The van der Waals surface area contributed by atoms with E-state index in [1.807, 2.05) is 72.8 Å². The van der Waals surface area contributed by atoms with Crippen molar-refractivity contribution in [1.29, 1.82) is 0 Å². The molecule has 0 radical (unpaired) electrons.